The summed E-state index contributed by atoms with van der Waals surface area (Å²) in [5.41, 5.74) is 2.46. The van der Waals surface area contributed by atoms with Crippen LogP contribution in [0.25, 0.3) is 10.8 Å². The largest absolute Gasteiger partial charge is 1.00 e. The Morgan fingerprint density at radius 1 is 1.16 bits per heavy atom. The topological polar surface area (TPSA) is 40.1 Å². The van der Waals surface area contributed by atoms with Crippen LogP contribution >= 0.6 is 0 Å². The van der Waals surface area contributed by atoms with Crippen molar-refractivity contribution in [3.8, 4) is 0 Å². The normalized spacial score (nSPS) is 11.9. The number of aryl methyl sites for hydroxylation is 2. The second-order valence-electron chi connectivity index (χ2n) is 4.85. The molecule has 0 spiro atoms. The molecule has 0 saturated carbocycles. The molecular formula is C16H17CsO2. The van der Waals surface area contributed by atoms with Crippen molar-refractivity contribution in [3.05, 3.63) is 47.5 Å². The summed E-state index contributed by atoms with van der Waals surface area (Å²) in [5, 5.41) is 13.2. The van der Waals surface area contributed by atoms with Gasteiger partial charge in [-0.05, 0) is 47.6 Å². The molecule has 0 bridgehead atoms. The number of aliphatic carboxylic acids is 1. The van der Waals surface area contributed by atoms with E-state index in [4.69, 9.17) is 0 Å². The number of rotatable bonds is 4. The van der Waals surface area contributed by atoms with Crippen LogP contribution in [0.1, 0.15) is 24.5 Å². The fourth-order valence-corrected chi connectivity index (χ4v) is 2.22. The Morgan fingerprint density at radius 3 is 2.42 bits per heavy atom. The van der Waals surface area contributed by atoms with Crippen molar-refractivity contribution in [1.29, 1.82) is 0 Å². The van der Waals surface area contributed by atoms with E-state index in [1.54, 1.807) is 6.92 Å². The molecule has 3 heteroatoms. The first-order valence-electron chi connectivity index (χ1n) is 6.27. The van der Waals surface area contributed by atoms with Crippen LogP contribution in [0.15, 0.2) is 36.4 Å². The number of carboxylic acid groups (broad SMARTS) is 1. The van der Waals surface area contributed by atoms with Crippen LogP contribution in [0.4, 0.5) is 0 Å². The van der Waals surface area contributed by atoms with Crippen LogP contribution in [0.3, 0.4) is 0 Å². The van der Waals surface area contributed by atoms with Crippen molar-refractivity contribution in [2.45, 2.75) is 26.7 Å². The molecule has 94 valence electrons. The monoisotopic (exact) mass is 374 g/mol. The molecule has 0 heterocycles. The molecule has 0 aliphatic heterocycles. The molecule has 2 rings (SSSR count). The summed E-state index contributed by atoms with van der Waals surface area (Å²) in [6.07, 6.45) is 1.39. The number of carbonyl (C=O) groups excluding carboxylic acids is 1. The Kier molecular flexibility index (Phi) is 7.15. The summed E-state index contributed by atoms with van der Waals surface area (Å²) >= 11 is 0. The zero-order valence-corrected chi connectivity index (χ0v) is 18.1. The van der Waals surface area contributed by atoms with E-state index in [1.807, 2.05) is 12.1 Å². The van der Waals surface area contributed by atoms with Crippen molar-refractivity contribution < 1.29 is 78.8 Å². The van der Waals surface area contributed by atoms with E-state index in [-0.39, 0.29) is 68.9 Å². The fraction of sp³-hybridized carbons (Fsp3) is 0.312. The molecular weight excluding hydrogens is 357 g/mol. The smallest absolute Gasteiger partial charge is 0.550 e. The molecule has 2 aromatic rings. The molecule has 0 radical (unpaired) electrons. The van der Waals surface area contributed by atoms with E-state index in [9.17, 15) is 9.90 Å². The van der Waals surface area contributed by atoms with Gasteiger partial charge in [0.25, 0.3) is 0 Å². The van der Waals surface area contributed by atoms with Gasteiger partial charge in [0.15, 0.2) is 0 Å². The molecule has 0 N–H and O–H groups in total. The van der Waals surface area contributed by atoms with Gasteiger partial charge in [0.05, 0.1) is 0 Å². The fourth-order valence-electron chi connectivity index (χ4n) is 2.22. The van der Waals surface area contributed by atoms with Crippen molar-refractivity contribution in [1.82, 2.24) is 0 Å². The van der Waals surface area contributed by atoms with Crippen LogP contribution in [-0.2, 0) is 11.2 Å². The molecule has 0 fully saturated rings. The Hall–Kier alpha value is 0.222. The molecule has 2 nitrogen and oxygen atoms in total. The maximum absolute atomic E-state index is 10.7. The number of fused-ring (bicyclic) bond motifs is 1. The maximum Gasteiger partial charge on any atom is 1.00 e. The van der Waals surface area contributed by atoms with Gasteiger partial charge < -0.3 is 9.90 Å². The Bertz CT molecular complexity index is 578. The minimum Gasteiger partial charge on any atom is -0.550 e. The summed E-state index contributed by atoms with van der Waals surface area (Å²) in [5.74, 6) is -1.36. The number of carboxylic acids is 1. The van der Waals surface area contributed by atoms with Gasteiger partial charge in [0.2, 0.25) is 0 Å². The molecule has 0 saturated heterocycles. The van der Waals surface area contributed by atoms with Crippen molar-refractivity contribution in [3.63, 3.8) is 0 Å². The van der Waals surface area contributed by atoms with Crippen LogP contribution in [-0.4, -0.2) is 5.97 Å². The predicted molar refractivity (Wildman–Crippen MR) is 71.2 cm³/mol. The molecule has 19 heavy (non-hydrogen) atoms. The van der Waals surface area contributed by atoms with E-state index < -0.39 is 11.9 Å². The van der Waals surface area contributed by atoms with Gasteiger partial charge in [0.1, 0.15) is 0 Å². The summed E-state index contributed by atoms with van der Waals surface area (Å²) in [4.78, 5) is 10.7. The van der Waals surface area contributed by atoms with E-state index in [2.05, 4.69) is 31.2 Å². The van der Waals surface area contributed by atoms with Crippen molar-refractivity contribution in [2.24, 2.45) is 5.92 Å². The first kappa shape index (κ1) is 17.3. The van der Waals surface area contributed by atoms with Gasteiger partial charge in [-0.25, -0.2) is 0 Å². The minimum absolute atomic E-state index is 0. The van der Waals surface area contributed by atoms with Gasteiger partial charge in [-0.3, -0.25) is 0 Å². The predicted octanol–water partition coefficient (Wildman–Crippen LogP) is -0.529. The summed E-state index contributed by atoms with van der Waals surface area (Å²) in [6, 6.07) is 12.5. The SMILES string of the molecule is Cc1ccc(CCC(C)C(=O)[O-])c2ccccc12.[Cs+]. The molecule has 0 amide bonds. The summed E-state index contributed by atoms with van der Waals surface area (Å²) in [7, 11) is 0. The molecule has 0 aromatic heterocycles. The van der Waals surface area contributed by atoms with Gasteiger partial charge in [-0.2, -0.15) is 0 Å². The third-order valence-electron chi connectivity index (χ3n) is 3.48. The first-order valence-corrected chi connectivity index (χ1v) is 6.27. The third-order valence-corrected chi connectivity index (χ3v) is 3.48. The zero-order valence-electron chi connectivity index (χ0n) is 11.8. The van der Waals surface area contributed by atoms with Crippen LogP contribution in [0, 0.1) is 12.8 Å². The van der Waals surface area contributed by atoms with Gasteiger partial charge in [-0.1, -0.05) is 43.3 Å². The van der Waals surface area contributed by atoms with Gasteiger partial charge in [0, 0.05) is 5.97 Å². The average molecular weight is 374 g/mol. The number of hydrogen-bond acceptors (Lipinski definition) is 2. The van der Waals surface area contributed by atoms with Crippen LogP contribution in [0.2, 0.25) is 0 Å². The second kappa shape index (κ2) is 7.86. The summed E-state index contributed by atoms with van der Waals surface area (Å²) < 4.78 is 0. The number of benzene rings is 2. The van der Waals surface area contributed by atoms with Gasteiger partial charge >= 0.3 is 68.9 Å². The van der Waals surface area contributed by atoms with Crippen LogP contribution < -0.4 is 74.0 Å². The number of carbonyl (C=O) groups is 1. The number of hydrogen-bond donors (Lipinski definition) is 0. The maximum atomic E-state index is 10.7. The Labute approximate surface area is 173 Å². The molecule has 2 aromatic carbocycles. The minimum atomic E-state index is -0.966. The quantitative estimate of drug-likeness (QED) is 0.722. The Balaban J connectivity index is 0.00000180. The van der Waals surface area contributed by atoms with Gasteiger partial charge in [-0.15, -0.1) is 0 Å². The van der Waals surface area contributed by atoms with Crippen LogP contribution in [0.5, 0.6) is 0 Å². The van der Waals surface area contributed by atoms with Crippen molar-refractivity contribution >= 4 is 16.7 Å². The third kappa shape index (κ3) is 4.34. The van der Waals surface area contributed by atoms with Crippen molar-refractivity contribution in [2.75, 3.05) is 0 Å². The van der Waals surface area contributed by atoms with E-state index >= 15 is 0 Å². The molecule has 1 atom stereocenters. The first-order chi connectivity index (χ1) is 8.59. The summed E-state index contributed by atoms with van der Waals surface area (Å²) in [6.45, 7) is 3.79. The molecule has 0 aliphatic rings. The molecule has 0 aliphatic carbocycles. The standard InChI is InChI=1S/C16H18O2.Cs/c1-11-7-9-13(10-8-12(2)16(17)18)15-6-4-3-5-14(11)15;/h3-7,9,12H,8,10H2,1-2H3,(H,17,18);/q;+1/p-1. The van der Waals surface area contributed by atoms with E-state index in [0.29, 0.717) is 6.42 Å². The molecule has 1 unspecified atom stereocenters. The Morgan fingerprint density at radius 2 is 1.79 bits per heavy atom. The second-order valence-corrected chi connectivity index (χ2v) is 4.85. The van der Waals surface area contributed by atoms with E-state index in [0.717, 1.165) is 6.42 Å². The average Bonchev–Trinajstić information content (AvgIpc) is 2.38. The zero-order chi connectivity index (χ0) is 13.1. The van der Waals surface area contributed by atoms with E-state index in [1.165, 1.54) is 21.9 Å².